The highest BCUT2D eigenvalue weighted by Gasteiger charge is 2.26. The first-order valence-corrected chi connectivity index (χ1v) is 10.8. The van der Waals surface area contributed by atoms with E-state index in [0.29, 0.717) is 41.0 Å². The van der Waals surface area contributed by atoms with Crippen LogP contribution < -0.4 is 4.74 Å². The van der Waals surface area contributed by atoms with Gasteiger partial charge in [0.2, 0.25) is 0 Å². The minimum absolute atomic E-state index is 0.0872. The van der Waals surface area contributed by atoms with Crippen LogP contribution in [0.4, 0.5) is 9.18 Å². The number of carbonyl (C=O) groups excluding carboxylic acids is 1. The summed E-state index contributed by atoms with van der Waals surface area (Å²) in [6.07, 6.45) is -0.619. The molecule has 34 heavy (non-hydrogen) atoms. The molecule has 0 unspecified atom stereocenters. The van der Waals surface area contributed by atoms with Crippen molar-refractivity contribution >= 4 is 12.1 Å². The molecule has 0 saturated heterocycles. The van der Waals surface area contributed by atoms with Gasteiger partial charge in [-0.15, -0.1) is 5.06 Å². The van der Waals surface area contributed by atoms with Crippen LogP contribution >= 0.6 is 0 Å². The molecule has 0 atom stereocenters. The molecule has 0 saturated carbocycles. The van der Waals surface area contributed by atoms with Gasteiger partial charge in [0, 0.05) is 12.1 Å². The van der Waals surface area contributed by atoms with Crippen LogP contribution in [0.2, 0.25) is 0 Å². The number of carbonyl (C=O) groups is 2. The molecule has 0 aromatic heterocycles. The molecule has 0 spiro atoms. The number of carboxylic acid groups (broad SMARTS) is 1. The average molecular weight is 465 g/mol. The lowest BCUT2D eigenvalue weighted by Gasteiger charge is -2.29. The third kappa shape index (κ3) is 5.35. The van der Waals surface area contributed by atoms with E-state index < -0.39 is 12.1 Å². The van der Waals surface area contributed by atoms with Gasteiger partial charge in [-0.3, -0.25) is 4.79 Å². The number of hydrogen-bond donors (Lipinski definition) is 1. The first kappa shape index (κ1) is 23.3. The van der Waals surface area contributed by atoms with Crippen LogP contribution in [0.5, 0.6) is 5.75 Å². The molecule has 4 rings (SSSR count). The van der Waals surface area contributed by atoms with E-state index in [1.54, 1.807) is 24.3 Å². The molecule has 1 aliphatic rings. The van der Waals surface area contributed by atoms with Gasteiger partial charge < -0.3 is 19.4 Å². The van der Waals surface area contributed by atoms with Gasteiger partial charge in [0.1, 0.15) is 18.2 Å². The number of carboxylic acids is 1. The fraction of sp³-hybridized carbons (Fsp3) is 0.231. The minimum atomic E-state index is -0.944. The maximum atomic E-state index is 14.6. The van der Waals surface area contributed by atoms with Gasteiger partial charge in [-0.25, -0.2) is 9.18 Å². The molecule has 0 radical (unpaired) electrons. The predicted molar refractivity (Wildman–Crippen MR) is 122 cm³/mol. The first-order chi connectivity index (χ1) is 16.4. The molecule has 1 heterocycles. The van der Waals surface area contributed by atoms with Crippen molar-refractivity contribution in [3.8, 4) is 16.9 Å². The first-order valence-electron chi connectivity index (χ1n) is 10.8. The maximum Gasteiger partial charge on any atom is 0.528 e. The minimum Gasteiger partial charge on any atom is -0.496 e. The third-order valence-corrected chi connectivity index (χ3v) is 5.63. The number of hydroxylamine groups is 2. The monoisotopic (exact) mass is 465 g/mol. The Bertz CT molecular complexity index is 1200. The van der Waals surface area contributed by atoms with E-state index in [2.05, 4.69) is 0 Å². The lowest BCUT2D eigenvalue weighted by atomic mass is 9.90. The normalized spacial score (nSPS) is 13.1. The Kier molecular flexibility index (Phi) is 7.08. The van der Waals surface area contributed by atoms with Gasteiger partial charge in [0.05, 0.1) is 20.1 Å². The van der Waals surface area contributed by atoms with Crippen molar-refractivity contribution < 1.29 is 33.4 Å². The number of fused-ring (bicyclic) bond motifs is 1. The fourth-order valence-electron chi connectivity index (χ4n) is 4.03. The molecule has 7 nitrogen and oxygen atoms in total. The fourth-order valence-corrected chi connectivity index (χ4v) is 4.03. The molecule has 1 aliphatic heterocycles. The van der Waals surface area contributed by atoms with Gasteiger partial charge in [0.25, 0.3) is 0 Å². The van der Waals surface area contributed by atoms with Crippen LogP contribution in [0.15, 0.2) is 60.7 Å². The largest absolute Gasteiger partial charge is 0.528 e. The van der Waals surface area contributed by atoms with E-state index in [1.165, 1.54) is 18.2 Å². The Hall–Kier alpha value is -3.91. The molecule has 176 valence electrons. The van der Waals surface area contributed by atoms with Crippen molar-refractivity contribution in [3.63, 3.8) is 0 Å². The van der Waals surface area contributed by atoms with Crippen LogP contribution in [-0.4, -0.2) is 35.9 Å². The van der Waals surface area contributed by atoms with Crippen molar-refractivity contribution in [2.75, 3.05) is 13.7 Å². The van der Waals surface area contributed by atoms with Crippen molar-refractivity contribution in [3.05, 3.63) is 88.7 Å². The van der Waals surface area contributed by atoms with Crippen molar-refractivity contribution in [1.82, 2.24) is 5.06 Å². The smallest absolute Gasteiger partial charge is 0.496 e. The van der Waals surface area contributed by atoms with E-state index in [9.17, 15) is 14.0 Å². The van der Waals surface area contributed by atoms with Gasteiger partial charge in [-0.05, 0) is 46.4 Å². The molecule has 3 aromatic carbocycles. The molecular formula is C26H24FNO6. The highest BCUT2D eigenvalue weighted by Crippen LogP contribution is 2.37. The highest BCUT2D eigenvalue weighted by molar-refractivity contribution is 5.77. The number of nitrogens with zero attached hydrogens (tertiary/aromatic N) is 1. The standard InChI is InChI=1S/C26H24FNO6/c1-32-24-13-18(14-25(29)30)7-8-21(24)19-9-10-23(27)20-11-12-28(15-22(19)20)34-26(31)33-16-17-5-3-2-4-6-17/h2-10,13H,11-12,14-16H2,1H3,(H,29,30). The van der Waals surface area contributed by atoms with Crippen LogP contribution in [0.25, 0.3) is 11.1 Å². The van der Waals surface area contributed by atoms with Crippen molar-refractivity contribution in [1.29, 1.82) is 0 Å². The number of benzene rings is 3. The predicted octanol–water partition coefficient (Wildman–Crippen LogP) is 4.75. The van der Waals surface area contributed by atoms with E-state index in [4.69, 9.17) is 19.4 Å². The number of halogens is 1. The number of ether oxygens (including phenoxy) is 2. The molecule has 0 amide bonds. The van der Waals surface area contributed by atoms with E-state index in [0.717, 1.165) is 11.1 Å². The zero-order chi connectivity index (χ0) is 24.1. The molecule has 0 bridgehead atoms. The summed E-state index contributed by atoms with van der Waals surface area (Å²) in [5.41, 5.74) is 4.07. The molecular weight excluding hydrogens is 441 g/mol. The number of hydrogen-bond acceptors (Lipinski definition) is 6. The molecule has 3 aromatic rings. The SMILES string of the molecule is COc1cc(CC(=O)O)ccc1-c1ccc(F)c2c1CN(OC(=O)OCc1ccccc1)CC2. The van der Waals surface area contributed by atoms with Gasteiger partial charge in [-0.1, -0.05) is 48.5 Å². The molecule has 0 aliphatic carbocycles. The lowest BCUT2D eigenvalue weighted by Crippen LogP contribution is -2.34. The van der Waals surface area contributed by atoms with Crippen LogP contribution in [0.1, 0.15) is 22.3 Å². The second kappa shape index (κ2) is 10.4. The van der Waals surface area contributed by atoms with Crippen LogP contribution in [0.3, 0.4) is 0 Å². The summed E-state index contributed by atoms with van der Waals surface area (Å²) >= 11 is 0. The van der Waals surface area contributed by atoms with Crippen LogP contribution in [-0.2, 0) is 40.4 Å². The summed E-state index contributed by atoms with van der Waals surface area (Å²) in [4.78, 5) is 28.7. The summed E-state index contributed by atoms with van der Waals surface area (Å²) in [6.45, 7) is 0.579. The van der Waals surface area contributed by atoms with Gasteiger partial charge in [-0.2, -0.15) is 0 Å². The van der Waals surface area contributed by atoms with Crippen molar-refractivity contribution in [2.45, 2.75) is 26.0 Å². The number of methoxy groups -OCH3 is 1. The molecule has 1 N–H and O–H groups in total. The second-order valence-electron chi connectivity index (χ2n) is 7.89. The van der Waals surface area contributed by atoms with Gasteiger partial charge >= 0.3 is 12.1 Å². The topological polar surface area (TPSA) is 85.3 Å². The number of rotatable bonds is 7. The highest BCUT2D eigenvalue weighted by atomic mass is 19.1. The Morgan fingerprint density at radius 1 is 1.00 bits per heavy atom. The zero-order valence-electron chi connectivity index (χ0n) is 18.6. The average Bonchev–Trinajstić information content (AvgIpc) is 2.83. The number of aliphatic carboxylic acids is 1. The van der Waals surface area contributed by atoms with Gasteiger partial charge in [0.15, 0.2) is 0 Å². The Morgan fingerprint density at radius 3 is 2.50 bits per heavy atom. The Balaban J connectivity index is 1.54. The Labute approximate surface area is 196 Å². The summed E-state index contributed by atoms with van der Waals surface area (Å²) in [6, 6.07) is 17.5. The van der Waals surface area contributed by atoms with E-state index in [-0.39, 0.29) is 25.4 Å². The van der Waals surface area contributed by atoms with E-state index >= 15 is 0 Å². The Morgan fingerprint density at radius 2 is 1.76 bits per heavy atom. The summed E-state index contributed by atoms with van der Waals surface area (Å²) < 4.78 is 25.3. The zero-order valence-corrected chi connectivity index (χ0v) is 18.6. The third-order valence-electron chi connectivity index (χ3n) is 5.63. The second-order valence-corrected chi connectivity index (χ2v) is 7.89. The lowest BCUT2D eigenvalue weighted by molar-refractivity contribution is -0.139. The quantitative estimate of drug-likeness (QED) is 0.504. The molecule has 0 fully saturated rings. The summed E-state index contributed by atoms with van der Waals surface area (Å²) in [5.74, 6) is -0.791. The van der Waals surface area contributed by atoms with Crippen molar-refractivity contribution in [2.24, 2.45) is 0 Å². The van der Waals surface area contributed by atoms with E-state index in [1.807, 2.05) is 30.3 Å². The maximum absolute atomic E-state index is 14.6. The summed E-state index contributed by atoms with van der Waals surface area (Å²) in [5, 5.41) is 10.5. The van der Waals surface area contributed by atoms with Crippen LogP contribution in [0, 0.1) is 5.82 Å². The summed E-state index contributed by atoms with van der Waals surface area (Å²) in [7, 11) is 1.50. The molecule has 8 heteroatoms.